The minimum atomic E-state index is 0.714. The van der Waals surface area contributed by atoms with Crippen LogP contribution in [0.1, 0.15) is 24.1 Å². The van der Waals surface area contributed by atoms with Gasteiger partial charge in [0.2, 0.25) is 0 Å². The van der Waals surface area contributed by atoms with Crippen LogP contribution in [-0.4, -0.2) is 11.0 Å². The van der Waals surface area contributed by atoms with E-state index < -0.39 is 0 Å². The van der Waals surface area contributed by atoms with Crippen molar-refractivity contribution in [3.05, 3.63) is 41.8 Å². The SMILES string of the molecule is Cc1coc(Sc2ccccc2CNC2CC2)n1. The molecule has 1 aliphatic carbocycles. The van der Waals surface area contributed by atoms with Crippen molar-refractivity contribution in [2.24, 2.45) is 0 Å². The number of rotatable bonds is 5. The fourth-order valence-electron chi connectivity index (χ4n) is 1.76. The molecule has 1 aromatic heterocycles. The monoisotopic (exact) mass is 260 g/mol. The number of nitrogens with zero attached hydrogens (tertiary/aromatic N) is 1. The van der Waals surface area contributed by atoms with E-state index in [0.717, 1.165) is 18.3 Å². The van der Waals surface area contributed by atoms with Crippen molar-refractivity contribution in [3.63, 3.8) is 0 Å². The van der Waals surface area contributed by atoms with Gasteiger partial charge in [-0.3, -0.25) is 0 Å². The first-order valence-electron chi connectivity index (χ1n) is 6.22. The topological polar surface area (TPSA) is 38.1 Å². The first kappa shape index (κ1) is 11.8. The second-order valence-corrected chi connectivity index (χ2v) is 5.61. The predicted molar refractivity (Wildman–Crippen MR) is 71.7 cm³/mol. The van der Waals surface area contributed by atoms with Crippen molar-refractivity contribution in [3.8, 4) is 0 Å². The van der Waals surface area contributed by atoms with Gasteiger partial charge in [0, 0.05) is 17.5 Å². The highest BCUT2D eigenvalue weighted by atomic mass is 32.2. The van der Waals surface area contributed by atoms with Crippen LogP contribution < -0.4 is 5.32 Å². The molecule has 3 nitrogen and oxygen atoms in total. The maximum absolute atomic E-state index is 5.39. The van der Waals surface area contributed by atoms with Crippen LogP contribution in [0.5, 0.6) is 0 Å². The van der Waals surface area contributed by atoms with Crippen molar-refractivity contribution in [2.75, 3.05) is 0 Å². The first-order valence-corrected chi connectivity index (χ1v) is 7.04. The molecule has 0 aliphatic heterocycles. The number of oxazole rings is 1. The Bertz CT molecular complexity index is 534. The molecule has 0 spiro atoms. The third-order valence-corrected chi connectivity index (χ3v) is 3.91. The summed E-state index contributed by atoms with van der Waals surface area (Å²) in [7, 11) is 0. The minimum absolute atomic E-state index is 0.714. The fraction of sp³-hybridized carbons (Fsp3) is 0.357. The molecule has 2 aromatic rings. The van der Waals surface area contributed by atoms with Crippen LogP contribution in [0.15, 0.2) is 45.1 Å². The van der Waals surface area contributed by atoms with Gasteiger partial charge in [0.05, 0.1) is 5.69 Å². The normalized spacial score (nSPS) is 14.9. The Morgan fingerprint density at radius 2 is 2.22 bits per heavy atom. The van der Waals surface area contributed by atoms with E-state index in [-0.39, 0.29) is 0 Å². The minimum Gasteiger partial charge on any atom is -0.439 e. The number of hydrogen-bond donors (Lipinski definition) is 1. The van der Waals surface area contributed by atoms with E-state index in [1.54, 1.807) is 18.0 Å². The average Bonchev–Trinajstić information content (AvgIpc) is 3.12. The molecule has 1 fully saturated rings. The molecular weight excluding hydrogens is 244 g/mol. The van der Waals surface area contributed by atoms with Crippen molar-refractivity contribution in [1.29, 1.82) is 0 Å². The van der Waals surface area contributed by atoms with E-state index >= 15 is 0 Å². The zero-order valence-corrected chi connectivity index (χ0v) is 11.2. The van der Waals surface area contributed by atoms with Gasteiger partial charge >= 0.3 is 0 Å². The highest BCUT2D eigenvalue weighted by Crippen LogP contribution is 2.30. The van der Waals surface area contributed by atoms with E-state index in [1.807, 2.05) is 6.92 Å². The second kappa shape index (κ2) is 5.16. The van der Waals surface area contributed by atoms with Gasteiger partial charge < -0.3 is 9.73 Å². The van der Waals surface area contributed by atoms with E-state index in [4.69, 9.17) is 4.42 Å². The summed E-state index contributed by atoms with van der Waals surface area (Å²) in [6.07, 6.45) is 4.32. The standard InChI is InChI=1S/C14H16N2OS/c1-10-9-17-14(16-10)18-13-5-3-2-4-11(13)8-15-12-6-7-12/h2-5,9,12,15H,6-8H2,1H3. The van der Waals surface area contributed by atoms with E-state index in [0.29, 0.717) is 5.22 Å². The summed E-state index contributed by atoms with van der Waals surface area (Å²) in [5, 5.41) is 4.25. The lowest BCUT2D eigenvalue weighted by atomic mass is 10.2. The van der Waals surface area contributed by atoms with Gasteiger partial charge in [-0.05, 0) is 43.2 Å². The van der Waals surface area contributed by atoms with Gasteiger partial charge in [0.15, 0.2) is 0 Å². The number of hydrogen-bond acceptors (Lipinski definition) is 4. The Kier molecular flexibility index (Phi) is 3.39. The highest BCUT2D eigenvalue weighted by molar-refractivity contribution is 7.99. The largest absolute Gasteiger partial charge is 0.439 e. The predicted octanol–water partition coefficient (Wildman–Crippen LogP) is 3.39. The number of aryl methyl sites for hydroxylation is 1. The summed E-state index contributed by atoms with van der Waals surface area (Å²) in [5.74, 6) is 0. The van der Waals surface area contributed by atoms with Gasteiger partial charge in [0.25, 0.3) is 5.22 Å². The Morgan fingerprint density at radius 3 is 2.94 bits per heavy atom. The maximum atomic E-state index is 5.39. The van der Waals surface area contributed by atoms with Crippen molar-refractivity contribution in [2.45, 2.75) is 42.5 Å². The fourth-order valence-corrected chi connectivity index (χ4v) is 2.66. The Balaban J connectivity index is 1.73. The van der Waals surface area contributed by atoms with Crippen LogP contribution in [0.3, 0.4) is 0 Å². The van der Waals surface area contributed by atoms with Crippen molar-refractivity contribution >= 4 is 11.8 Å². The molecule has 1 saturated carbocycles. The molecular formula is C14H16N2OS. The van der Waals surface area contributed by atoms with Crippen LogP contribution >= 0.6 is 11.8 Å². The molecule has 1 N–H and O–H groups in total. The molecule has 18 heavy (non-hydrogen) atoms. The maximum Gasteiger partial charge on any atom is 0.260 e. The third kappa shape index (κ3) is 2.94. The van der Waals surface area contributed by atoms with Crippen LogP contribution in [0.25, 0.3) is 0 Å². The molecule has 0 saturated heterocycles. The van der Waals surface area contributed by atoms with Gasteiger partial charge in [0.1, 0.15) is 6.26 Å². The third-order valence-electron chi connectivity index (χ3n) is 2.93. The number of aromatic nitrogens is 1. The first-order chi connectivity index (χ1) is 8.81. The summed E-state index contributed by atoms with van der Waals surface area (Å²) in [6.45, 7) is 2.86. The molecule has 0 radical (unpaired) electrons. The Labute approximate surface area is 111 Å². The molecule has 0 bridgehead atoms. The summed E-state index contributed by atoms with van der Waals surface area (Å²) >= 11 is 1.59. The summed E-state index contributed by atoms with van der Waals surface area (Å²) in [6, 6.07) is 9.14. The average molecular weight is 260 g/mol. The molecule has 0 unspecified atom stereocenters. The molecule has 94 valence electrons. The highest BCUT2D eigenvalue weighted by Gasteiger charge is 2.20. The lowest BCUT2D eigenvalue weighted by molar-refractivity contribution is 0.454. The molecule has 1 aliphatic rings. The smallest absolute Gasteiger partial charge is 0.260 e. The summed E-state index contributed by atoms with van der Waals surface area (Å²) in [5.41, 5.74) is 2.23. The lowest BCUT2D eigenvalue weighted by Crippen LogP contribution is -2.15. The summed E-state index contributed by atoms with van der Waals surface area (Å²) in [4.78, 5) is 5.55. The van der Waals surface area contributed by atoms with E-state index in [9.17, 15) is 0 Å². The van der Waals surface area contributed by atoms with Gasteiger partial charge in [-0.1, -0.05) is 18.2 Å². The molecule has 1 heterocycles. The summed E-state index contributed by atoms with van der Waals surface area (Å²) < 4.78 is 5.39. The molecule has 0 amide bonds. The van der Waals surface area contributed by atoms with Crippen LogP contribution in [-0.2, 0) is 6.54 Å². The molecule has 1 aromatic carbocycles. The number of benzene rings is 1. The number of nitrogens with one attached hydrogen (secondary N) is 1. The van der Waals surface area contributed by atoms with Crippen LogP contribution in [0.2, 0.25) is 0 Å². The lowest BCUT2D eigenvalue weighted by Gasteiger charge is -2.07. The van der Waals surface area contributed by atoms with Gasteiger partial charge in [-0.15, -0.1) is 0 Å². The van der Waals surface area contributed by atoms with Crippen molar-refractivity contribution in [1.82, 2.24) is 10.3 Å². The zero-order chi connectivity index (χ0) is 12.4. The van der Waals surface area contributed by atoms with Crippen LogP contribution in [0, 0.1) is 6.92 Å². The zero-order valence-electron chi connectivity index (χ0n) is 10.3. The van der Waals surface area contributed by atoms with Gasteiger partial charge in [-0.2, -0.15) is 0 Å². The second-order valence-electron chi connectivity index (χ2n) is 4.62. The van der Waals surface area contributed by atoms with Crippen LogP contribution in [0.4, 0.5) is 0 Å². The van der Waals surface area contributed by atoms with E-state index in [1.165, 1.54) is 23.3 Å². The Morgan fingerprint density at radius 1 is 1.39 bits per heavy atom. The van der Waals surface area contributed by atoms with Gasteiger partial charge in [-0.25, -0.2) is 4.98 Å². The molecule has 3 rings (SSSR count). The quantitative estimate of drug-likeness (QED) is 0.894. The van der Waals surface area contributed by atoms with Crippen molar-refractivity contribution < 1.29 is 4.42 Å². The van der Waals surface area contributed by atoms with E-state index in [2.05, 4.69) is 34.6 Å². The molecule has 4 heteroatoms. The Hall–Kier alpha value is -1.26. The molecule has 0 atom stereocenters.